The van der Waals surface area contributed by atoms with E-state index in [9.17, 15) is 32.4 Å². The number of carbonyl (C=O) groups excluding carboxylic acids is 5. The molecule has 0 aromatic heterocycles. The zero-order valence-electron chi connectivity index (χ0n) is 28.4. The lowest BCUT2D eigenvalue weighted by molar-refractivity contribution is -0.145. The number of likely N-dealkylation sites (tertiary alicyclic amines) is 1. The lowest BCUT2D eigenvalue weighted by Gasteiger charge is -2.39. The first-order valence-electron chi connectivity index (χ1n) is 16.3. The van der Waals surface area contributed by atoms with Gasteiger partial charge in [-0.3, -0.25) is 19.2 Å². The first kappa shape index (κ1) is 36.1. The quantitative estimate of drug-likeness (QED) is 0.197. The molecule has 0 aromatic carbocycles. The molecular weight excluding hydrogens is 614 g/mol. The van der Waals surface area contributed by atoms with Crippen molar-refractivity contribution >= 4 is 39.7 Å². The highest BCUT2D eigenvalue weighted by atomic mass is 32.2. The third kappa shape index (κ3) is 7.84. The van der Waals surface area contributed by atoms with Gasteiger partial charge in [-0.25, -0.2) is 9.52 Å². The van der Waals surface area contributed by atoms with Crippen molar-refractivity contribution in [2.45, 2.75) is 105 Å². The average Bonchev–Trinajstić information content (AvgIpc) is 3.77. The molecular formula is C31H53N7O7S. The van der Waals surface area contributed by atoms with Gasteiger partial charge in [-0.15, -0.1) is 0 Å². The van der Waals surface area contributed by atoms with E-state index in [0.717, 1.165) is 12.8 Å². The molecule has 2 saturated carbocycles. The Morgan fingerprint density at radius 3 is 2.13 bits per heavy atom. The van der Waals surface area contributed by atoms with E-state index in [4.69, 9.17) is 5.73 Å². The molecule has 2 unspecified atom stereocenters. The Morgan fingerprint density at radius 2 is 1.61 bits per heavy atom. The molecule has 260 valence electrons. The van der Waals surface area contributed by atoms with E-state index >= 15 is 0 Å². The van der Waals surface area contributed by atoms with Crippen LogP contribution in [-0.2, 0) is 29.4 Å². The van der Waals surface area contributed by atoms with Gasteiger partial charge in [0.05, 0.1) is 6.04 Å². The average molecular weight is 668 g/mol. The molecule has 15 heteroatoms. The van der Waals surface area contributed by atoms with Crippen LogP contribution in [0.5, 0.6) is 0 Å². The van der Waals surface area contributed by atoms with Crippen molar-refractivity contribution in [3.8, 4) is 0 Å². The first-order chi connectivity index (χ1) is 21.1. The molecule has 4 fully saturated rings. The van der Waals surface area contributed by atoms with Crippen LogP contribution in [0.1, 0.15) is 81.1 Å². The number of primary amides is 1. The smallest absolute Gasteiger partial charge is 0.315 e. The topological polar surface area (TPSA) is 200 Å². The van der Waals surface area contributed by atoms with Gasteiger partial charge in [0.15, 0.2) is 0 Å². The van der Waals surface area contributed by atoms with E-state index in [2.05, 4.69) is 20.7 Å². The van der Waals surface area contributed by atoms with Gasteiger partial charge in [0.1, 0.15) is 12.1 Å². The molecule has 0 bridgehead atoms. The van der Waals surface area contributed by atoms with E-state index in [1.165, 1.54) is 9.21 Å². The summed E-state index contributed by atoms with van der Waals surface area (Å²) in [6, 6.07) is -4.17. The second-order valence-electron chi connectivity index (χ2n) is 16.3. The van der Waals surface area contributed by atoms with E-state index < -0.39 is 74.7 Å². The summed E-state index contributed by atoms with van der Waals surface area (Å²) in [7, 11) is -3.67. The van der Waals surface area contributed by atoms with Crippen LogP contribution in [-0.4, -0.2) is 97.5 Å². The van der Waals surface area contributed by atoms with Crippen molar-refractivity contribution in [1.29, 1.82) is 0 Å². The van der Waals surface area contributed by atoms with Crippen molar-refractivity contribution < 1.29 is 32.4 Å². The van der Waals surface area contributed by atoms with Crippen molar-refractivity contribution in [2.24, 2.45) is 39.7 Å². The van der Waals surface area contributed by atoms with Gasteiger partial charge in [-0.2, -0.15) is 12.7 Å². The number of urea groups is 1. The molecule has 2 aliphatic heterocycles. The molecule has 6 N–H and O–H groups in total. The van der Waals surface area contributed by atoms with Gasteiger partial charge in [0, 0.05) is 32.2 Å². The van der Waals surface area contributed by atoms with Gasteiger partial charge in [0.2, 0.25) is 17.6 Å². The van der Waals surface area contributed by atoms with Crippen LogP contribution in [0.15, 0.2) is 0 Å². The summed E-state index contributed by atoms with van der Waals surface area (Å²) >= 11 is 0. The third-order valence-corrected chi connectivity index (χ3v) is 11.8. The Morgan fingerprint density at radius 1 is 0.978 bits per heavy atom. The maximum absolute atomic E-state index is 14.3. The molecule has 6 atom stereocenters. The number of fused-ring (bicyclic) bond motifs is 1. The van der Waals surface area contributed by atoms with Crippen LogP contribution in [0.3, 0.4) is 0 Å². The normalized spacial score (nSPS) is 27.5. The predicted octanol–water partition coefficient (Wildman–Crippen LogP) is 0.477. The minimum Gasteiger partial charge on any atom is -0.363 e. The SMILES string of the molecule is CC(C)(C)[C@H](NC(=O)N[C@H](CN1CCCNS1(=O)=O)C(C)(C)C)C(=O)N1C[C@H]2[C@@H](C1C(=O)NC(CC1CC1)C(=O)C(N)=O)C2(C)C. The van der Waals surface area contributed by atoms with E-state index in [-0.39, 0.29) is 29.7 Å². The molecule has 0 radical (unpaired) electrons. The van der Waals surface area contributed by atoms with Gasteiger partial charge < -0.3 is 26.6 Å². The van der Waals surface area contributed by atoms with Crippen molar-refractivity contribution in [3.63, 3.8) is 0 Å². The van der Waals surface area contributed by atoms with Crippen molar-refractivity contribution in [1.82, 2.24) is 29.9 Å². The number of rotatable bonds is 11. The van der Waals surface area contributed by atoms with Gasteiger partial charge >= 0.3 is 6.03 Å². The summed E-state index contributed by atoms with van der Waals surface area (Å²) in [5, 5.41) is 8.51. The van der Waals surface area contributed by atoms with E-state index in [0.29, 0.717) is 32.5 Å². The Kier molecular flexibility index (Phi) is 9.94. The summed E-state index contributed by atoms with van der Waals surface area (Å²) in [5.41, 5.74) is 3.81. The van der Waals surface area contributed by atoms with Gasteiger partial charge in [-0.05, 0) is 46.8 Å². The summed E-state index contributed by atoms with van der Waals surface area (Å²) in [5.74, 6) is -2.76. The monoisotopic (exact) mass is 667 g/mol. The van der Waals surface area contributed by atoms with Crippen LogP contribution in [0.2, 0.25) is 0 Å². The number of nitrogens with zero attached hydrogens (tertiary/aromatic N) is 2. The minimum atomic E-state index is -3.67. The van der Waals surface area contributed by atoms with E-state index in [1.54, 1.807) is 0 Å². The molecule has 4 rings (SSSR count). The summed E-state index contributed by atoms with van der Waals surface area (Å²) in [6.07, 6.45) is 2.78. The largest absolute Gasteiger partial charge is 0.363 e. The van der Waals surface area contributed by atoms with E-state index in [1.807, 2.05) is 55.4 Å². The number of hydrogen-bond donors (Lipinski definition) is 5. The highest BCUT2D eigenvalue weighted by Crippen LogP contribution is 2.65. The van der Waals surface area contributed by atoms with Crippen molar-refractivity contribution in [2.75, 3.05) is 26.2 Å². The second-order valence-corrected chi connectivity index (χ2v) is 18.1. The van der Waals surface area contributed by atoms with Gasteiger partial charge in [0.25, 0.3) is 16.1 Å². The summed E-state index contributed by atoms with van der Waals surface area (Å²) in [6.45, 7) is 16.3. The molecule has 4 aliphatic rings. The Labute approximate surface area is 272 Å². The van der Waals surface area contributed by atoms with Crippen molar-refractivity contribution in [3.05, 3.63) is 0 Å². The van der Waals surface area contributed by atoms with Crippen LogP contribution >= 0.6 is 0 Å². The highest BCUT2D eigenvalue weighted by molar-refractivity contribution is 7.87. The number of amides is 5. The Bertz CT molecular complexity index is 1350. The zero-order chi connectivity index (χ0) is 34.6. The number of nitrogens with two attached hydrogens (primary N) is 1. The molecule has 2 aliphatic carbocycles. The fourth-order valence-electron chi connectivity index (χ4n) is 6.90. The first-order valence-corrected chi connectivity index (χ1v) is 17.8. The number of nitrogens with one attached hydrogen (secondary N) is 4. The number of Topliss-reactive ketones (excluding diaryl/α,β-unsaturated/α-hetero) is 1. The summed E-state index contributed by atoms with van der Waals surface area (Å²) < 4.78 is 29.0. The number of piperidine rings is 1. The number of carbonyl (C=O) groups is 5. The predicted molar refractivity (Wildman–Crippen MR) is 171 cm³/mol. The fourth-order valence-corrected chi connectivity index (χ4v) is 8.20. The zero-order valence-corrected chi connectivity index (χ0v) is 29.3. The standard InChI is InChI=1S/C31H53N7O7S/c1-29(2,3)20(16-37-13-9-12-33-46(37,44)45)35-28(43)36-24(30(4,5)6)27(42)38-15-18-21(31(18,7)8)22(38)26(41)34-19(14-17-10-11-17)23(39)25(32)40/h17-22,24,33H,9-16H2,1-8H3,(H2,32,40)(H,34,41)(H2,35,36,43)/t18-,19?,20+,21-,22?,24+/m0/s1. The number of hydrogen-bond acceptors (Lipinski definition) is 7. The molecule has 14 nitrogen and oxygen atoms in total. The Balaban J connectivity index is 1.52. The molecule has 5 amide bonds. The van der Waals surface area contributed by atoms with Crippen LogP contribution in [0, 0.1) is 34.0 Å². The van der Waals surface area contributed by atoms with Crippen LogP contribution in [0.4, 0.5) is 4.79 Å². The second kappa shape index (κ2) is 12.7. The Hall–Kier alpha value is -2.78. The minimum absolute atomic E-state index is 0.0548. The number of ketones is 1. The fraction of sp³-hybridized carbons (Fsp3) is 0.839. The molecule has 0 aromatic rings. The maximum Gasteiger partial charge on any atom is 0.315 e. The van der Waals surface area contributed by atoms with Crippen LogP contribution < -0.4 is 26.4 Å². The maximum atomic E-state index is 14.3. The summed E-state index contributed by atoms with van der Waals surface area (Å²) in [4.78, 5) is 67.5. The lowest BCUT2D eigenvalue weighted by Crippen LogP contribution is -2.63. The highest BCUT2D eigenvalue weighted by Gasteiger charge is 2.70. The van der Waals surface area contributed by atoms with Gasteiger partial charge in [-0.1, -0.05) is 68.2 Å². The lowest BCUT2D eigenvalue weighted by atomic mass is 9.85. The molecule has 2 heterocycles. The molecule has 0 spiro atoms. The third-order valence-electron chi connectivity index (χ3n) is 10.2. The molecule has 2 saturated heterocycles. The molecule has 46 heavy (non-hydrogen) atoms. The van der Waals surface area contributed by atoms with Crippen LogP contribution in [0.25, 0.3) is 0 Å².